The van der Waals surface area contributed by atoms with Crippen molar-refractivity contribution in [2.24, 2.45) is 4.99 Å². The summed E-state index contributed by atoms with van der Waals surface area (Å²) in [6, 6.07) is 4.96. The molecule has 8 nitrogen and oxygen atoms in total. The van der Waals surface area contributed by atoms with E-state index in [-0.39, 0.29) is 40.2 Å². The number of phenolic OH excluding ortho intramolecular Hbond substituents is 1. The first-order valence-corrected chi connectivity index (χ1v) is 5.22. The van der Waals surface area contributed by atoms with Gasteiger partial charge in [0.15, 0.2) is 0 Å². The Morgan fingerprint density at radius 2 is 1.81 bits per heavy atom. The molecule has 5 N–H and O–H groups in total. The van der Waals surface area contributed by atoms with Gasteiger partial charge in [-0.3, -0.25) is 4.99 Å². The Labute approximate surface area is 131 Å². The molecule has 0 heterocycles. The maximum absolute atomic E-state index is 10.7. The number of aliphatic imine (C=N–C) groups is 1. The van der Waals surface area contributed by atoms with Crippen LogP contribution in [0.15, 0.2) is 29.3 Å². The number of para-hydroxylation sites is 1. The molecular weight excluding hydrogens is 334 g/mol. The number of hydrogen-bond acceptors (Lipinski definition) is 6. The van der Waals surface area contributed by atoms with E-state index in [1.54, 1.807) is 18.2 Å². The minimum absolute atomic E-state index is 0. The largest absolute Gasteiger partial charge is 2.00 e. The fourth-order valence-corrected chi connectivity index (χ4v) is 1.27. The van der Waals surface area contributed by atoms with Crippen molar-refractivity contribution in [2.75, 3.05) is 0 Å². The maximum Gasteiger partial charge on any atom is 2.00 e. The van der Waals surface area contributed by atoms with Gasteiger partial charge in [0.2, 0.25) is 0 Å². The van der Waals surface area contributed by atoms with Crippen LogP contribution in [0.25, 0.3) is 0 Å². The monoisotopic (exact) mass is 348 g/mol. The van der Waals surface area contributed by atoms with Crippen molar-refractivity contribution in [1.29, 1.82) is 0 Å². The van der Waals surface area contributed by atoms with Crippen LogP contribution in [0.4, 0.5) is 0 Å². The van der Waals surface area contributed by atoms with E-state index in [0.717, 1.165) is 0 Å². The van der Waals surface area contributed by atoms with Crippen LogP contribution in [-0.4, -0.2) is 40.3 Å². The summed E-state index contributed by atoms with van der Waals surface area (Å²) in [6.07, 6.45) is 0.538. The van der Waals surface area contributed by atoms with E-state index in [0.29, 0.717) is 5.56 Å². The van der Waals surface area contributed by atoms with Crippen LogP contribution in [0, 0.1) is 0 Å². The van der Waals surface area contributed by atoms with E-state index in [1.807, 2.05) is 0 Å². The third-order valence-corrected chi connectivity index (χ3v) is 2.22. The molecule has 1 atom stereocenters. The van der Waals surface area contributed by atoms with E-state index in [2.05, 4.69) is 4.99 Å². The van der Waals surface area contributed by atoms with Gasteiger partial charge < -0.3 is 35.9 Å². The normalized spacial score (nSPS) is 10.7. The summed E-state index contributed by atoms with van der Waals surface area (Å²) in [4.78, 5) is 24.6. The van der Waals surface area contributed by atoms with Crippen molar-refractivity contribution in [3.63, 3.8) is 0 Å². The molecule has 0 saturated carbocycles. The number of benzene rings is 1. The molecule has 1 radical (unpaired) electrons. The molecular formula is C12H15CuNO7. The van der Waals surface area contributed by atoms with Crippen molar-refractivity contribution in [1.82, 2.24) is 0 Å². The Kier molecular flexibility index (Phi) is 13.6. The summed E-state index contributed by atoms with van der Waals surface area (Å²) in [5.41, 5.74) is 0.345. The number of carboxylic acid groups (broad SMARTS) is 2. The van der Waals surface area contributed by atoms with E-state index in [4.69, 9.17) is 0 Å². The molecule has 0 fully saturated rings. The van der Waals surface area contributed by atoms with Gasteiger partial charge in [0.1, 0.15) is 5.75 Å². The molecule has 121 valence electrons. The summed E-state index contributed by atoms with van der Waals surface area (Å²) >= 11 is 0. The van der Waals surface area contributed by atoms with Crippen LogP contribution in [0.5, 0.6) is 5.75 Å². The molecule has 9 heteroatoms. The van der Waals surface area contributed by atoms with Crippen LogP contribution in [0.2, 0.25) is 0 Å². The van der Waals surface area contributed by atoms with Crippen molar-refractivity contribution < 1.29 is 52.9 Å². The van der Waals surface area contributed by atoms with Crippen molar-refractivity contribution in [3.05, 3.63) is 29.8 Å². The van der Waals surface area contributed by atoms with Gasteiger partial charge in [-0.15, -0.1) is 0 Å². The maximum atomic E-state index is 10.7. The molecule has 0 spiro atoms. The average Bonchev–Trinajstić information content (AvgIpc) is 2.30. The molecule has 1 aromatic rings. The van der Waals surface area contributed by atoms with Crippen LogP contribution in [0.1, 0.15) is 18.4 Å². The number of nitrogens with zero attached hydrogens (tertiary/aromatic N) is 1. The minimum atomic E-state index is -1.47. The number of phenols is 1. The third-order valence-electron chi connectivity index (χ3n) is 2.22. The third kappa shape index (κ3) is 8.77. The number of hydrogen-bond donors (Lipinski definition) is 1. The number of aromatic hydroxyl groups is 1. The Morgan fingerprint density at radius 1 is 1.24 bits per heavy atom. The van der Waals surface area contributed by atoms with E-state index in [9.17, 15) is 24.9 Å². The SMILES string of the molecule is O.O.O=C([O-])CCC(N=Cc1ccccc1O)C(=O)[O-].[Cu+2]. The van der Waals surface area contributed by atoms with Crippen molar-refractivity contribution >= 4 is 18.2 Å². The number of aliphatic carboxylic acids is 2. The predicted molar refractivity (Wildman–Crippen MR) is 66.0 cm³/mol. The number of carbonyl (C=O) groups excluding carboxylic acids is 2. The zero-order valence-electron chi connectivity index (χ0n) is 10.7. The second kappa shape index (κ2) is 11.9. The second-order valence-electron chi connectivity index (χ2n) is 3.58. The van der Waals surface area contributed by atoms with E-state index >= 15 is 0 Å². The Balaban J connectivity index is -0.00000108. The molecule has 0 aromatic heterocycles. The second-order valence-corrected chi connectivity index (χ2v) is 3.58. The Bertz CT molecular complexity index is 478. The molecule has 0 aliphatic heterocycles. The number of carbonyl (C=O) groups is 2. The first kappa shape index (κ1) is 24.1. The first-order chi connectivity index (χ1) is 8.50. The van der Waals surface area contributed by atoms with E-state index < -0.39 is 24.4 Å². The first-order valence-electron chi connectivity index (χ1n) is 5.22. The quantitative estimate of drug-likeness (QED) is 0.420. The number of rotatable bonds is 6. The fraction of sp³-hybridized carbons (Fsp3) is 0.250. The standard InChI is InChI=1S/C12H13NO5.Cu.2H2O/c14-10-4-2-1-3-8(10)7-13-9(12(17)18)5-6-11(15)16;;;/h1-4,7,9,14H,5-6H2,(H,15,16)(H,17,18);;2*1H2/q;+2;;/p-2. The van der Waals surface area contributed by atoms with Gasteiger partial charge in [-0.25, -0.2) is 0 Å². The molecule has 1 unspecified atom stereocenters. The Hall–Kier alpha value is -1.93. The molecule has 0 aliphatic carbocycles. The predicted octanol–water partition coefficient (Wildman–Crippen LogP) is -3.19. The van der Waals surface area contributed by atoms with Gasteiger partial charge >= 0.3 is 17.1 Å². The summed E-state index contributed by atoms with van der Waals surface area (Å²) in [5.74, 6) is -2.86. The van der Waals surface area contributed by atoms with Gasteiger partial charge in [0, 0.05) is 17.7 Å². The van der Waals surface area contributed by atoms with E-state index in [1.165, 1.54) is 12.3 Å². The topological polar surface area (TPSA) is 176 Å². The minimum Gasteiger partial charge on any atom is -0.550 e. The van der Waals surface area contributed by atoms with Gasteiger partial charge in [-0.05, 0) is 25.0 Å². The zero-order chi connectivity index (χ0) is 13.5. The van der Waals surface area contributed by atoms with Crippen LogP contribution in [0.3, 0.4) is 0 Å². The van der Waals surface area contributed by atoms with Gasteiger partial charge in [0.05, 0.1) is 12.0 Å². The smallest absolute Gasteiger partial charge is 0.550 e. The molecule has 1 rings (SSSR count). The van der Waals surface area contributed by atoms with Gasteiger partial charge in [0.25, 0.3) is 0 Å². The van der Waals surface area contributed by atoms with Crippen molar-refractivity contribution in [2.45, 2.75) is 18.9 Å². The molecule has 0 amide bonds. The van der Waals surface area contributed by atoms with Crippen LogP contribution in [-0.2, 0) is 26.7 Å². The summed E-state index contributed by atoms with van der Waals surface area (Å²) in [7, 11) is 0. The Morgan fingerprint density at radius 3 is 2.29 bits per heavy atom. The van der Waals surface area contributed by atoms with Crippen molar-refractivity contribution in [3.8, 4) is 5.75 Å². The molecule has 0 saturated heterocycles. The average molecular weight is 349 g/mol. The van der Waals surface area contributed by atoms with Crippen LogP contribution < -0.4 is 10.2 Å². The fourth-order valence-electron chi connectivity index (χ4n) is 1.27. The van der Waals surface area contributed by atoms with Gasteiger partial charge in [-0.1, -0.05) is 12.1 Å². The summed E-state index contributed by atoms with van der Waals surface area (Å²) in [5, 5.41) is 30.4. The summed E-state index contributed by atoms with van der Waals surface area (Å²) in [6.45, 7) is 0. The summed E-state index contributed by atoms with van der Waals surface area (Å²) < 4.78 is 0. The molecule has 21 heavy (non-hydrogen) atoms. The molecule has 0 bridgehead atoms. The number of carboxylic acids is 2. The van der Waals surface area contributed by atoms with Crippen LogP contribution >= 0.6 is 0 Å². The molecule has 1 aromatic carbocycles. The zero-order valence-corrected chi connectivity index (χ0v) is 11.6. The van der Waals surface area contributed by atoms with Gasteiger partial charge in [-0.2, -0.15) is 0 Å². The molecule has 0 aliphatic rings.